The first-order valence-corrected chi connectivity index (χ1v) is 6.46. The highest BCUT2D eigenvalue weighted by atomic mass is 14.7. The summed E-state index contributed by atoms with van der Waals surface area (Å²) in [7, 11) is 0. The molecule has 5 unspecified atom stereocenters. The summed E-state index contributed by atoms with van der Waals surface area (Å²) in [6.45, 7) is 4.62. The van der Waals surface area contributed by atoms with Gasteiger partial charge in [-0.3, -0.25) is 0 Å². The van der Waals surface area contributed by atoms with Crippen molar-refractivity contribution in [1.29, 1.82) is 0 Å². The highest BCUT2D eigenvalue weighted by molar-refractivity contribution is 4.94. The summed E-state index contributed by atoms with van der Waals surface area (Å²) >= 11 is 0. The van der Waals surface area contributed by atoms with Gasteiger partial charge in [0.15, 0.2) is 0 Å². The Bertz CT molecular complexity index is 190. The number of nitrogens with two attached hydrogens (primary N) is 1. The van der Waals surface area contributed by atoms with Gasteiger partial charge < -0.3 is 5.73 Å². The summed E-state index contributed by atoms with van der Waals surface area (Å²) in [5, 5.41) is 0. The van der Waals surface area contributed by atoms with Crippen molar-refractivity contribution in [2.75, 3.05) is 0 Å². The van der Waals surface area contributed by atoms with Crippen LogP contribution in [0, 0.1) is 23.7 Å². The van der Waals surface area contributed by atoms with Gasteiger partial charge in [0.1, 0.15) is 0 Å². The van der Waals surface area contributed by atoms with Crippen LogP contribution in [-0.2, 0) is 0 Å². The van der Waals surface area contributed by atoms with Gasteiger partial charge in [0.25, 0.3) is 0 Å². The van der Waals surface area contributed by atoms with Crippen LogP contribution >= 0.6 is 0 Å². The van der Waals surface area contributed by atoms with E-state index in [2.05, 4.69) is 13.8 Å². The summed E-state index contributed by atoms with van der Waals surface area (Å²) in [6, 6.07) is 0.500. The van der Waals surface area contributed by atoms with Crippen LogP contribution in [0.4, 0.5) is 0 Å². The SMILES string of the molecule is CCC(C)CC(N)C1CC2CCC1C2. The summed E-state index contributed by atoms with van der Waals surface area (Å²) < 4.78 is 0. The molecule has 2 aliphatic carbocycles. The molecule has 5 atom stereocenters. The Hall–Kier alpha value is -0.0400. The topological polar surface area (TPSA) is 26.0 Å². The molecular weight excluding hydrogens is 170 g/mol. The first kappa shape index (κ1) is 10.5. The molecule has 1 nitrogen and oxygen atoms in total. The van der Waals surface area contributed by atoms with Crippen molar-refractivity contribution < 1.29 is 0 Å². The molecule has 0 aromatic heterocycles. The van der Waals surface area contributed by atoms with Crippen LogP contribution < -0.4 is 5.73 Å². The van der Waals surface area contributed by atoms with Gasteiger partial charge in [-0.15, -0.1) is 0 Å². The smallest absolute Gasteiger partial charge is 0.00724 e. The Morgan fingerprint density at radius 3 is 2.57 bits per heavy atom. The summed E-state index contributed by atoms with van der Waals surface area (Å²) in [5.74, 6) is 3.75. The van der Waals surface area contributed by atoms with E-state index < -0.39 is 0 Å². The van der Waals surface area contributed by atoms with Gasteiger partial charge in [-0.1, -0.05) is 26.7 Å². The van der Waals surface area contributed by atoms with Crippen molar-refractivity contribution in [3.8, 4) is 0 Å². The van der Waals surface area contributed by atoms with Crippen molar-refractivity contribution in [2.45, 2.75) is 58.4 Å². The molecule has 0 saturated heterocycles. The van der Waals surface area contributed by atoms with E-state index in [0.717, 1.165) is 23.7 Å². The van der Waals surface area contributed by atoms with Gasteiger partial charge in [-0.25, -0.2) is 0 Å². The molecule has 14 heavy (non-hydrogen) atoms. The fourth-order valence-electron chi connectivity index (χ4n) is 3.62. The molecule has 0 radical (unpaired) electrons. The van der Waals surface area contributed by atoms with Crippen molar-refractivity contribution in [2.24, 2.45) is 29.4 Å². The third-order valence-electron chi connectivity index (χ3n) is 4.71. The lowest BCUT2D eigenvalue weighted by Gasteiger charge is -2.29. The monoisotopic (exact) mass is 195 g/mol. The molecule has 0 spiro atoms. The van der Waals surface area contributed by atoms with E-state index in [-0.39, 0.29) is 0 Å². The second-order valence-electron chi connectivity index (χ2n) is 5.75. The van der Waals surface area contributed by atoms with Gasteiger partial charge in [0.05, 0.1) is 0 Å². The molecule has 2 bridgehead atoms. The lowest BCUT2D eigenvalue weighted by Crippen LogP contribution is -2.35. The lowest BCUT2D eigenvalue weighted by atomic mass is 9.80. The molecule has 0 aromatic rings. The third-order valence-corrected chi connectivity index (χ3v) is 4.71. The summed E-state index contributed by atoms with van der Waals surface area (Å²) in [4.78, 5) is 0. The minimum absolute atomic E-state index is 0.500. The molecule has 0 heterocycles. The Kier molecular flexibility index (Phi) is 3.16. The van der Waals surface area contributed by atoms with Crippen molar-refractivity contribution in [1.82, 2.24) is 0 Å². The number of fused-ring (bicyclic) bond motifs is 2. The van der Waals surface area contributed by atoms with Crippen LogP contribution in [0.25, 0.3) is 0 Å². The maximum Gasteiger partial charge on any atom is 0.00724 e. The minimum Gasteiger partial charge on any atom is -0.327 e. The molecule has 2 fully saturated rings. The number of hydrogen-bond donors (Lipinski definition) is 1. The highest BCUT2D eigenvalue weighted by Crippen LogP contribution is 2.49. The van der Waals surface area contributed by atoms with E-state index in [1.54, 1.807) is 0 Å². The number of hydrogen-bond acceptors (Lipinski definition) is 1. The van der Waals surface area contributed by atoms with Crippen LogP contribution in [0.2, 0.25) is 0 Å². The molecule has 2 rings (SSSR count). The Balaban J connectivity index is 1.83. The molecule has 2 saturated carbocycles. The molecule has 0 aromatic carbocycles. The number of rotatable bonds is 4. The summed E-state index contributed by atoms with van der Waals surface area (Å²) in [6.07, 6.45) is 8.46. The average Bonchev–Trinajstić information content (AvgIpc) is 2.78. The lowest BCUT2D eigenvalue weighted by molar-refractivity contribution is 0.252. The van der Waals surface area contributed by atoms with Crippen LogP contribution in [0.3, 0.4) is 0 Å². The maximum atomic E-state index is 6.34. The molecule has 2 aliphatic rings. The standard InChI is InChI=1S/C13H25N/c1-3-9(2)6-13(14)12-8-10-4-5-11(12)7-10/h9-13H,3-8,14H2,1-2H3. The van der Waals surface area contributed by atoms with Crippen molar-refractivity contribution in [3.05, 3.63) is 0 Å². The van der Waals surface area contributed by atoms with Crippen LogP contribution in [-0.4, -0.2) is 6.04 Å². The van der Waals surface area contributed by atoms with Gasteiger partial charge in [-0.05, 0) is 49.4 Å². The molecule has 0 amide bonds. The third kappa shape index (κ3) is 1.98. The zero-order chi connectivity index (χ0) is 10.1. The second kappa shape index (κ2) is 4.22. The maximum absolute atomic E-state index is 6.34. The van der Waals surface area contributed by atoms with E-state index in [1.807, 2.05) is 0 Å². The first-order chi connectivity index (χ1) is 6.70. The van der Waals surface area contributed by atoms with Gasteiger partial charge in [0.2, 0.25) is 0 Å². The van der Waals surface area contributed by atoms with Crippen LogP contribution in [0.5, 0.6) is 0 Å². The van der Waals surface area contributed by atoms with Gasteiger partial charge in [-0.2, -0.15) is 0 Å². The van der Waals surface area contributed by atoms with E-state index in [4.69, 9.17) is 5.73 Å². The second-order valence-corrected chi connectivity index (χ2v) is 5.75. The van der Waals surface area contributed by atoms with Crippen molar-refractivity contribution >= 4 is 0 Å². The van der Waals surface area contributed by atoms with Crippen LogP contribution in [0.1, 0.15) is 52.4 Å². The Labute approximate surface area is 88.4 Å². The van der Waals surface area contributed by atoms with E-state index in [0.29, 0.717) is 6.04 Å². The first-order valence-electron chi connectivity index (χ1n) is 6.46. The van der Waals surface area contributed by atoms with E-state index in [9.17, 15) is 0 Å². The largest absolute Gasteiger partial charge is 0.327 e. The molecule has 82 valence electrons. The summed E-state index contributed by atoms with van der Waals surface area (Å²) in [5.41, 5.74) is 6.34. The predicted octanol–water partition coefficient (Wildman–Crippen LogP) is 3.19. The quantitative estimate of drug-likeness (QED) is 0.732. The zero-order valence-corrected chi connectivity index (χ0v) is 9.71. The molecule has 0 aliphatic heterocycles. The molecule has 1 heteroatoms. The fourth-order valence-corrected chi connectivity index (χ4v) is 3.62. The molecular formula is C13H25N. The highest BCUT2D eigenvalue weighted by Gasteiger charge is 2.41. The normalized spacial score (nSPS) is 40.1. The zero-order valence-electron chi connectivity index (χ0n) is 9.71. The van der Waals surface area contributed by atoms with Gasteiger partial charge >= 0.3 is 0 Å². The average molecular weight is 195 g/mol. The minimum atomic E-state index is 0.500. The fraction of sp³-hybridized carbons (Fsp3) is 1.00. The predicted molar refractivity (Wildman–Crippen MR) is 61.0 cm³/mol. The Morgan fingerprint density at radius 1 is 1.29 bits per heavy atom. The van der Waals surface area contributed by atoms with Crippen LogP contribution in [0.15, 0.2) is 0 Å². The molecule has 2 N–H and O–H groups in total. The van der Waals surface area contributed by atoms with Crippen molar-refractivity contribution in [3.63, 3.8) is 0 Å². The Morgan fingerprint density at radius 2 is 2.07 bits per heavy atom. The van der Waals surface area contributed by atoms with E-state index in [1.165, 1.54) is 38.5 Å². The van der Waals surface area contributed by atoms with Gasteiger partial charge in [0, 0.05) is 6.04 Å². The van der Waals surface area contributed by atoms with E-state index >= 15 is 0 Å².